The van der Waals surface area contributed by atoms with Crippen molar-refractivity contribution in [1.29, 1.82) is 0 Å². The predicted octanol–water partition coefficient (Wildman–Crippen LogP) is 3.39. The van der Waals surface area contributed by atoms with Gasteiger partial charge in [0.15, 0.2) is 9.84 Å². The summed E-state index contributed by atoms with van der Waals surface area (Å²) < 4.78 is 23.6. The molecular formula is C12H23ClO2S. The molecule has 96 valence electrons. The van der Waals surface area contributed by atoms with Crippen molar-refractivity contribution in [3.63, 3.8) is 0 Å². The molecule has 0 spiro atoms. The normalized spacial score (nSPS) is 21.2. The van der Waals surface area contributed by atoms with E-state index < -0.39 is 9.84 Å². The van der Waals surface area contributed by atoms with Crippen molar-refractivity contribution in [2.75, 3.05) is 11.6 Å². The second kappa shape index (κ2) is 5.72. The molecule has 0 amide bonds. The van der Waals surface area contributed by atoms with E-state index in [1.54, 1.807) is 13.8 Å². The van der Waals surface area contributed by atoms with Crippen molar-refractivity contribution in [2.24, 2.45) is 5.41 Å². The Balaban J connectivity index is 2.58. The van der Waals surface area contributed by atoms with Gasteiger partial charge in [-0.2, -0.15) is 0 Å². The molecule has 0 atom stereocenters. The van der Waals surface area contributed by atoms with E-state index in [2.05, 4.69) is 0 Å². The molecule has 0 aliphatic heterocycles. The summed E-state index contributed by atoms with van der Waals surface area (Å²) in [7, 11) is -2.90. The number of alkyl halides is 1. The minimum absolute atomic E-state index is 0.0990. The van der Waals surface area contributed by atoms with E-state index in [9.17, 15) is 8.42 Å². The Kier molecular flexibility index (Phi) is 5.11. The van der Waals surface area contributed by atoms with Crippen LogP contribution in [0.2, 0.25) is 0 Å². The average molecular weight is 267 g/mol. The van der Waals surface area contributed by atoms with Gasteiger partial charge in [0.25, 0.3) is 0 Å². The average Bonchev–Trinajstić information content (AvgIpc) is 2.28. The molecule has 0 N–H and O–H groups in total. The molecule has 0 bridgehead atoms. The van der Waals surface area contributed by atoms with Gasteiger partial charge in [-0.25, -0.2) is 8.42 Å². The van der Waals surface area contributed by atoms with Crippen LogP contribution in [-0.2, 0) is 9.84 Å². The van der Waals surface area contributed by atoms with Crippen LogP contribution < -0.4 is 0 Å². The van der Waals surface area contributed by atoms with Gasteiger partial charge in [-0.15, -0.1) is 11.6 Å². The monoisotopic (exact) mass is 266 g/mol. The third-order valence-electron chi connectivity index (χ3n) is 3.83. The van der Waals surface area contributed by atoms with Crippen molar-refractivity contribution in [1.82, 2.24) is 0 Å². The molecule has 1 aliphatic rings. The van der Waals surface area contributed by atoms with E-state index in [0.717, 1.165) is 19.3 Å². The quantitative estimate of drug-likeness (QED) is 0.715. The maximum Gasteiger partial charge on any atom is 0.152 e. The molecule has 0 radical (unpaired) electrons. The van der Waals surface area contributed by atoms with Gasteiger partial charge < -0.3 is 0 Å². The SMILES string of the molecule is CC(C)S(=O)(=O)CCC1(CCl)CCCCC1. The lowest BCUT2D eigenvalue weighted by molar-refractivity contribution is 0.213. The first-order valence-electron chi connectivity index (χ1n) is 6.19. The topological polar surface area (TPSA) is 34.1 Å². The molecule has 0 saturated heterocycles. The van der Waals surface area contributed by atoms with Crippen LogP contribution in [0.15, 0.2) is 0 Å². The summed E-state index contributed by atoms with van der Waals surface area (Å²) in [6.07, 6.45) is 6.63. The minimum Gasteiger partial charge on any atom is -0.229 e. The third kappa shape index (κ3) is 3.63. The van der Waals surface area contributed by atoms with Crippen LogP contribution in [0.4, 0.5) is 0 Å². The minimum atomic E-state index is -2.90. The molecule has 0 heterocycles. The maximum atomic E-state index is 11.8. The first kappa shape index (κ1) is 14.3. The van der Waals surface area contributed by atoms with Crippen LogP contribution in [0, 0.1) is 5.41 Å². The van der Waals surface area contributed by atoms with Gasteiger partial charge in [-0.3, -0.25) is 0 Å². The van der Waals surface area contributed by atoms with E-state index in [0.29, 0.717) is 11.6 Å². The van der Waals surface area contributed by atoms with Crippen LogP contribution in [0.5, 0.6) is 0 Å². The molecule has 1 fully saturated rings. The molecule has 16 heavy (non-hydrogen) atoms. The molecule has 4 heteroatoms. The Labute approximate surface area is 105 Å². The number of sulfone groups is 1. The second-order valence-corrected chi connectivity index (χ2v) is 8.30. The zero-order chi connectivity index (χ0) is 12.2. The van der Waals surface area contributed by atoms with Gasteiger partial charge in [0.1, 0.15) is 0 Å². The van der Waals surface area contributed by atoms with E-state index in [1.807, 2.05) is 0 Å². The Bertz CT molecular complexity index is 303. The van der Waals surface area contributed by atoms with Crippen molar-refractivity contribution < 1.29 is 8.42 Å². The van der Waals surface area contributed by atoms with Crippen molar-refractivity contribution >= 4 is 21.4 Å². The zero-order valence-corrected chi connectivity index (χ0v) is 11.9. The van der Waals surface area contributed by atoms with Crippen LogP contribution in [0.25, 0.3) is 0 Å². The fraction of sp³-hybridized carbons (Fsp3) is 1.00. The van der Waals surface area contributed by atoms with Crippen LogP contribution in [0.1, 0.15) is 52.4 Å². The highest BCUT2D eigenvalue weighted by molar-refractivity contribution is 7.91. The predicted molar refractivity (Wildman–Crippen MR) is 69.8 cm³/mol. The molecule has 0 aromatic heterocycles. The molecule has 0 aromatic carbocycles. The van der Waals surface area contributed by atoms with Gasteiger partial charge in [-0.1, -0.05) is 19.3 Å². The lowest BCUT2D eigenvalue weighted by atomic mass is 9.74. The lowest BCUT2D eigenvalue weighted by Crippen LogP contribution is -2.30. The van der Waals surface area contributed by atoms with Crippen molar-refractivity contribution in [3.05, 3.63) is 0 Å². The molecular weight excluding hydrogens is 244 g/mol. The fourth-order valence-corrected chi connectivity index (χ4v) is 3.94. The summed E-state index contributed by atoms with van der Waals surface area (Å²) in [5.74, 6) is 0.915. The van der Waals surface area contributed by atoms with Gasteiger partial charge in [0, 0.05) is 5.88 Å². The second-order valence-electron chi connectivity index (χ2n) is 5.36. The zero-order valence-electron chi connectivity index (χ0n) is 10.3. The van der Waals surface area contributed by atoms with Crippen molar-refractivity contribution in [3.8, 4) is 0 Å². The number of halogens is 1. The standard InChI is InChI=1S/C12H23ClO2S/c1-11(2)16(14,15)9-8-12(10-13)6-4-3-5-7-12/h11H,3-10H2,1-2H3. The largest absolute Gasteiger partial charge is 0.229 e. The summed E-state index contributed by atoms with van der Waals surface area (Å²) in [5, 5.41) is -0.261. The lowest BCUT2D eigenvalue weighted by Gasteiger charge is -2.35. The molecule has 0 unspecified atom stereocenters. The number of hydrogen-bond donors (Lipinski definition) is 0. The van der Waals surface area contributed by atoms with E-state index >= 15 is 0 Å². The highest BCUT2D eigenvalue weighted by atomic mass is 35.5. The van der Waals surface area contributed by atoms with Gasteiger partial charge in [0.05, 0.1) is 11.0 Å². The molecule has 1 rings (SSSR count). The Morgan fingerprint density at radius 2 is 1.75 bits per heavy atom. The molecule has 2 nitrogen and oxygen atoms in total. The Hall–Kier alpha value is 0.240. The van der Waals surface area contributed by atoms with Crippen LogP contribution in [-0.4, -0.2) is 25.3 Å². The van der Waals surface area contributed by atoms with Crippen LogP contribution >= 0.6 is 11.6 Å². The summed E-state index contributed by atoms with van der Waals surface area (Å²) in [6, 6.07) is 0. The highest BCUT2D eigenvalue weighted by Crippen LogP contribution is 2.40. The summed E-state index contributed by atoms with van der Waals surface area (Å²) in [6.45, 7) is 3.51. The van der Waals surface area contributed by atoms with Crippen LogP contribution in [0.3, 0.4) is 0 Å². The highest BCUT2D eigenvalue weighted by Gasteiger charge is 2.32. The van der Waals surface area contributed by atoms with Gasteiger partial charge in [-0.05, 0) is 38.5 Å². The molecule has 1 aliphatic carbocycles. The maximum absolute atomic E-state index is 11.8. The first-order valence-corrected chi connectivity index (χ1v) is 8.44. The van der Waals surface area contributed by atoms with Crippen molar-refractivity contribution in [2.45, 2.75) is 57.6 Å². The number of rotatable bonds is 5. The summed E-state index contributed by atoms with van der Waals surface area (Å²) >= 11 is 6.05. The summed E-state index contributed by atoms with van der Waals surface area (Å²) in [5.41, 5.74) is 0.0990. The third-order valence-corrected chi connectivity index (χ3v) is 6.61. The Morgan fingerprint density at radius 3 is 2.19 bits per heavy atom. The fourth-order valence-electron chi connectivity index (χ4n) is 2.35. The number of hydrogen-bond acceptors (Lipinski definition) is 2. The molecule has 0 aromatic rings. The first-order chi connectivity index (χ1) is 7.42. The molecule has 1 saturated carbocycles. The smallest absolute Gasteiger partial charge is 0.152 e. The van der Waals surface area contributed by atoms with Gasteiger partial charge >= 0.3 is 0 Å². The van der Waals surface area contributed by atoms with Gasteiger partial charge in [0.2, 0.25) is 0 Å². The van der Waals surface area contributed by atoms with E-state index in [-0.39, 0.29) is 10.7 Å². The Morgan fingerprint density at radius 1 is 1.19 bits per heavy atom. The summed E-state index contributed by atoms with van der Waals surface area (Å²) in [4.78, 5) is 0. The van der Waals surface area contributed by atoms with E-state index in [4.69, 9.17) is 11.6 Å². The van der Waals surface area contributed by atoms with E-state index in [1.165, 1.54) is 19.3 Å².